The van der Waals surface area contributed by atoms with E-state index in [4.69, 9.17) is 16.3 Å². The van der Waals surface area contributed by atoms with E-state index < -0.39 is 0 Å². The zero-order valence-corrected chi connectivity index (χ0v) is 16.9. The number of nitrogens with zero attached hydrogens (tertiary/aromatic N) is 3. The third kappa shape index (κ3) is 5.04. The van der Waals surface area contributed by atoms with Gasteiger partial charge in [-0.25, -0.2) is 9.78 Å². The van der Waals surface area contributed by atoms with Crippen molar-refractivity contribution in [1.29, 1.82) is 0 Å². The molecule has 150 valence electrons. The highest BCUT2D eigenvalue weighted by Crippen LogP contribution is 2.26. The van der Waals surface area contributed by atoms with E-state index in [1.54, 1.807) is 29.7 Å². The van der Waals surface area contributed by atoms with Crippen LogP contribution < -0.4 is 5.32 Å². The number of nitrogens with one attached hydrogen (secondary N) is 1. The molecule has 2 heterocycles. The third-order valence-corrected chi connectivity index (χ3v) is 4.96. The van der Waals surface area contributed by atoms with Gasteiger partial charge in [-0.1, -0.05) is 25.4 Å². The van der Waals surface area contributed by atoms with Crippen LogP contribution in [-0.2, 0) is 9.53 Å². The van der Waals surface area contributed by atoms with Gasteiger partial charge in [-0.2, -0.15) is 0 Å². The highest BCUT2D eigenvalue weighted by atomic mass is 35.5. The molecule has 3 rings (SSSR count). The van der Waals surface area contributed by atoms with Crippen molar-refractivity contribution in [3.8, 4) is 5.69 Å². The lowest BCUT2D eigenvalue weighted by Gasteiger charge is -2.30. The standard InChI is InChI=1S/C20H25ClN4O3/c1-14(2)12-28-20(27)24-8-5-15(6-9-24)19(26)23-16-3-4-18(17(21)11-16)25-10-7-22-13-25/h3-4,7,10-11,13-15H,5-6,8-9,12H2,1-2H3,(H,23,26). The van der Waals surface area contributed by atoms with Gasteiger partial charge in [0.05, 0.1) is 23.6 Å². The molecule has 1 aliphatic rings. The second-order valence-electron chi connectivity index (χ2n) is 7.36. The molecule has 1 N–H and O–H groups in total. The normalized spacial score (nSPS) is 14.9. The van der Waals surface area contributed by atoms with E-state index in [0.29, 0.717) is 49.2 Å². The molecule has 2 aromatic rings. The Bertz CT molecular complexity index is 815. The van der Waals surface area contributed by atoms with Gasteiger partial charge in [-0.15, -0.1) is 0 Å². The van der Waals surface area contributed by atoms with Gasteiger partial charge in [0.1, 0.15) is 0 Å². The van der Waals surface area contributed by atoms with Crippen molar-refractivity contribution in [2.24, 2.45) is 11.8 Å². The number of aromatic nitrogens is 2. The fraction of sp³-hybridized carbons (Fsp3) is 0.450. The predicted molar refractivity (Wildman–Crippen MR) is 108 cm³/mol. The van der Waals surface area contributed by atoms with Gasteiger partial charge in [0.25, 0.3) is 0 Å². The highest BCUT2D eigenvalue weighted by Gasteiger charge is 2.28. The van der Waals surface area contributed by atoms with Crippen molar-refractivity contribution in [1.82, 2.24) is 14.5 Å². The molecule has 0 radical (unpaired) electrons. The summed E-state index contributed by atoms with van der Waals surface area (Å²) in [4.78, 5) is 30.3. The van der Waals surface area contributed by atoms with Crippen LogP contribution in [0.15, 0.2) is 36.9 Å². The van der Waals surface area contributed by atoms with E-state index in [-0.39, 0.29) is 17.9 Å². The molecule has 2 amide bonds. The molecule has 28 heavy (non-hydrogen) atoms. The summed E-state index contributed by atoms with van der Waals surface area (Å²) in [6.07, 6.45) is 6.08. The number of imidazole rings is 1. The van der Waals surface area contributed by atoms with Crippen molar-refractivity contribution < 1.29 is 14.3 Å². The number of rotatable bonds is 5. The number of benzene rings is 1. The van der Waals surface area contributed by atoms with Crippen molar-refractivity contribution in [3.63, 3.8) is 0 Å². The van der Waals surface area contributed by atoms with Crippen LogP contribution in [0.25, 0.3) is 5.69 Å². The van der Waals surface area contributed by atoms with Crippen LogP contribution in [0.3, 0.4) is 0 Å². The molecule has 0 bridgehead atoms. The topological polar surface area (TPSA) is 76.5 Å². The average Bonchev–Trinajstić information content (AvgIpc) is 3.20. The summed E-state index contributed by atoms with van der Waals surface area (Å²) in [7, 11) is 0. The van der Waals surface area contributed by atoms with Crippen LogP contribution in [0.1, 0.15) is 26.7 Å². The number of amides is 2. The first-order valence-corrected chi connectivity index (χ1v) is 9.82. The maximum absolute atomic E-state index is 12.6. The van der Waals surface area contributed by atoms with Gasteiger partial charge in [0.2, 0.25) is 5.91 Å². The maximum Gasteiger partial charge on any atom is 0.409 e. The van der Waals surface area contributed by atoms with E-state index in [9.17, 15) is 9.59 Å². The summed E-state index contributed by atoms with van der Waals surface area (Å²) in [5, 5.41) is 3.45. The number of likely N-dealkylation sites (tertiary alicyclic amines) is 1. The molecule has 1 aromatic carbocycles. The summed E-state index contributed by atoms with van der Waals surface area (Å²) in [5.41, 5.74) is 1.45. The molecule has 8 heteroatoms. The summed E-state index contributed by atoms with van der Waals surface area (Å²) in [6, 6.07) is 5.39. The minimum atomic E-state index is -0.297. The summed E-state index contributed by atoms with van der Waals surface area (Å²) >= 11 is 6.34. The SMILES string of the molecule is CC(C)COC(=O)N1CCC(C(=O)Nc2ccc(-n3ccnc3)c(Cl)c2)CC1. The predicted octanol–water partition coefficient (Wildman–Crippen LogP) is 3.97. The Morgan fingerprint density at radius 2 is 2.07 bits per heavy atom. The molecule has 0 atom stereocenters. The molecular formula is C20H25ClN4O3. The van der Waals surface area contributed by atoms with Crippen LogP contribution in [0, 0.1) is 11.8 Å². The van der Waals surface area contributed by atoms with Gasteiger partial charge in [0.15, 0.2) is 0 Å². The quantitative estimate of drug-likeness (QED) is 0.818. The number of hydrogen-bond donors (Lipinski definition) is 1. The fourth-order valence-electron chi connectivity index (χ4n) is 3.09. The van der Waals surface area contributed by atoms with Gasteiger partial charge in [-0.05, 0) is 37.0 Å². The maximum atomic E-state index is 12.6. The van der Waals surface area contributed by atoms with Crippen LogP contribution in [0.5, 0.6) is 0 Å². The largest absolute Gasteiger partial charge is 0.449 e. The van der Waals surface area contributed by atoms with Gasteiger partial charge in [0, 0.05) is 37.1 Å². The minimum absolute atomic E-state index is 0.0540. The minimum Gasteiger partial charge on any atom is -0.449 e. The van der Waals surface area contributed by atoms with Crippen LogP contribution in [0.4, 0.5) is 10.5 Å². The Kier molecular flexibility index (Phi) is 6.57. The number of halogens is 1. The Labute approximate surface area is 169 Å². The third-order valence-electron chi connectivity index (χ3n) is 4.66. The van der Waals surface area contributed by atoms with Gasteiger partial charge < -0.3 is 19.5 Å². The number of piperidine rings is 1. The molecule has 0 saturated carbocycles. The lowest BCUT2D eigenvalue weighted by molar-refractivity contribution is -0.121. The monoisotopic (exact) mass is 404 g/mol. The van der Waals surface area contributed by atoms with E-state index in [1.165, 1.54) is 0 Å². The molecule has 0 spiro atoms. The second-order valence-corrected chi connectivity index (χ2v) is 7.76. The Morgan fingerprint density at radius 1 is 1.32 bits per heavy atom. The summed E-state index contributed by atoms with van der Waals surface area (Å²) in [6.45, 7) is 5.45. The van der Waals surface area contributed by atoms with Crippen LogP contribution >= 0.6 is 11.6 Å². The zero-order chi connectivity index (χ0) is 20.1. The number of carbonyl (C=O) groups is 2. The van der Waals surface area contributed by atoms with E-state index >= 15 is 0 Å². The Balaban J connectivity index is 1.52. The summed E-state index contributed by atoms with van der Waals surface area (Å²) in [5.74, 6) is 0.113. The lowest BCUT2D eigenvalue weighted by atomic mass is 9.96. The molecule has 0 aliphatic carbocycles. The molecule has 7 nitrogen and oxygen atoms in total. The number of ether oxygens (including phenoxy) is 1. The lowest BCUT2D eigenvalue weighted by Crippen LogP contribution is -2.42. The van der Waals surface area contributed by atoms with E-state index in [0.717, 1.165) is 5.69 Å². The first-order valence-electron chi connectivity index (χ1n) is 9.44. The van der Waals surface area contributed by atoms with E-state index in [2.05, 4.69) is 10.3 Å². The zero-order valence-electron chi connectivity index (χ0n) is 16.1. The van der Waals surface area contributed by atoms with Crippen LogP contribution in [-0.4, -0.2) is 46.1 Å². The highest BCUT2D eigenvalue weighted by molar-refractivity contribution is 6.32. The summed E-state index contributed by atoms with van der Waals surface area (Å²) < 4.78 is 7.06. The van der Waals surface area contributed by atoms with Gasteiger partial charge in [-0.3, -0.25) is 4.79 Å². The molecule has 1 aromatic heterocycles. The number of carbonyl (C=O) groups excluding carboxylic acids is 2. The van der Waals surface area contributed by atoms with Gasteiger partial charge >= 0.3 is 6.09 Å². The molecule has 1 saturated heterocycles. The molecule has 0 unspecified atom stereocenters. The Morgan fingerprint density at radius 3 is 2.68 bits per heavy atom. The van der Waals surface area contributed by atoms with E-state index in [1.807, 2.05) is 30.5 Å². The fourth-order valence-corrected chi connectivity index (χ4v) is 3.37. The Hall–Kier alpha value is -2.54. The van der Waals surface area contributed by atoms with Crippen LogP contribution in [0.2, 0.25) is 5.02 Å². The molecule has 1 fully saturated rings. The second kappa shape index (κ2) is 9.10. The van der Waals surface area contributed by atoms with Crippen molar-refractivity contribution in [2.45, 2.75) is 26.7 Å². The molecular weight excluding hydrogens is 380 g/mol. The number of hydrogen-bond acceptors (Lipinski definition) is 4. The average molecular weight is 405 g/mol. The smallest absolute Gasteiger partial charge is 0.409 e. The molecule has 1 aliphatic heterocycles. The first-order chi connectivity index (χ1) is 13.4. The number of anilines is 1. The van der Waals surface area contributed by atoms with Crippen molar-refractivity contribution in [2.75, 3.05) is 25.0 Å². The van der Waals surface area contributed by atoms with Crippen molar-refractivity contribution >= 4 is 29.3 Å². The first kappa shape index (κ1) is 20.2. The van der Waals surface area contributed by atoms with Crippen molar-refractivity contribution in [3.05, 3.63) is 41.9 Å².